The minimum absolute atomic E-state index is 0.654. The van der Waals surface area contributed by atoms with Gasteiger partial charge < -0.3 is 10.1 Å². The van der Waals surface area contributed by atoms with Gasteiger partial charge in [0.15, 0.2) is 0 Å². The van der Waals surface area contributed by atoms with Gasteiger partial charge in [-0.15, -0.1) is 11.3 Å². The van der Waals surface area contributed by atoms with Gasteiger partial charge in [0.1, 0.15) is 10.8 Å². The Morgan fingerprint density at radius 3 is 2.78 bits per heavy atom. The van der Waals surface area contributed by atoms with Gasteiger partial charge in [0.05, 0.1) is 18.8 Å². The zero-order chi connectivity index (χ0) is 13.0. The van der Waals surface area contributed by atoms with E-state index in [-0.39, 0.29) is 0 Å². The molecule has 0 bridgehead atoms. The molecule has 7 heteroatoms. The number of methoxy groups -OCH3 is 1. The maximum absolute atomic E-state index is 5.00. The lowest BCUT2D eigenvalue weighted by Crippen LogP contribution is -2.00. The number of aromatic nitrogens is 3. The first-order valence-electron chi connectivity index (χ1n) is 5.67. The van der Waals surface area contributed by atoms with Crippen LogP contribution in [0.15, 0.2) is 0 Å². The highest BCUT2D eigenvalue weighted by Crippen LogP contribution is 2.18. The molecule has 0 aliphatic rings. The van der Waals surface area contributed by atoms with E-state index in [4.69, 9.17) is 4.74 Å². The van der Waals surface area contributed by atoms with Crippen molar-refractivity contribution in [2.75, 3.05) is 19.0 Å². The van der Waals surface area contributed by atoms with Gasteiger partial charge in [-0.1, -0.05) is 0 Å². The molecule has 0 saturated heterocycles. The van der Waals surface area contributed by atoms with Crippen LogP contribution in [-0.4, -0.2) is 28.1 Å². The number of hydrogen-bond donors (Lipinski definition) is 1. The Kier molecular flexibility index (Phi) is 4.62. The van der Waals surface area contributed by atoms with E-state index < -0.39 is 0 Å². The fourth-order valence-electron chi connectivity index (χ4n) is 1.39. The Labute approximate surface area is 114 Å². The van der Waals surface area contributed by atoms with Crippen LogP contribution in [0.4, 0.5) is 5.13 Å². The molecule has 0 unspecified atom stereocenters. The highest BCUT2D eigenvalue weighted by molar-refractivity contribution is 7.11. The summed E-state index contributed by atoms with van der Waals surface area (Å²) in [6.07, 6.45) is 0.754. The van der Waals surface area contributed by atoms with Gasteiger partial charge in [0.25, 0.3) is 0 Å². The van der Waals surface area contributed by atoms with Crippen LogP contribution in [0, 0.1) is 13.8 Å². The van der Waals surface area contributed by atoms with Crippen molar-refractivity contribution in [1.29, 1.82) is 0 Å². The Morgan fingerprint density at radius 2 is 2.11 bits per heavy atom. The molecule has 0 aliphatic heterocycles. The largest absolute Gasteiger partial charge is 0.384 e. The van der Waals surface area contributed by atoms with Gasteiger partial charge in [0.2, 0.25) is 5.13 Å². The second-order valence-electron chi connectivity index (χ2n) is 3.86. The van der Waals surface area contributed by atoms with E-state index in [2.05, 4.69) is 26.6 Å². The lowest BCUT2D eigenvalue weighted by Gasteiger charge is -1.97. The monoisotopic (exact) mass is 284 g/mol. The van der Waals surface area contributed by atoms with E-state index in [0.717, 1.165) is 28.1 Å². The summed E-state index contributed by atoms with van der Waals surface area (Å²) in [4.78, 5) is 10.1. The number of hydrogen-bond acceptors (Lipinski definition) is 7. The Bertz CT molecular complexity index is 489. The molecule has 2 aromatic heterocycles. The molecule has 0 saturated carbocycles. The van der Waals surface area contributed by atoms with Crippen LogP contribution < -0.4 is 5.32 Å². The van der Waals surface area contributed by atoms with Crippen molar-refractivity contribution in [3.63, 3.8) is 0 Å². The molecule has 0 aliphatic carbocycles. The predicted molar refractivity (Wildman–Crippen MR) is 74.4 cm³/mol. The minimum Gasteiger partial charge on any atom is -0.384 e. The fourth-order valence-corrected chi connectivity index (χ4v) is 2.87. The third-order valence-corrected chi connectivity index (χ3v) is 4.24. The van der Waals surface area contributed by atoms with Gasteiger partial charge in [-0.05, 0) is 13.8 Å². The molecule has 98 valence electrons. The van der Waals surface area contributed by atoms with E-state index in [1.54, 1.807) is 18.4 Å². The van der Waals surface area contributed by atoms with Gasteiger partial charge in [0, 0.05) is 29.9 Å². The predicted octanol–water partition coefficient (Wildman–Crippen LogP) is 2.41. The molecule has 18 heavy (non-hydrogen) atoms. The lowest BCUT2D eigenvalue weighted by atomic mass is 10.4. The quantitative estimate of drug-likeness (QED) is 0.882. The highest BCUT2D eigenvalue weighted by Gasteiger charge is 2.06. The second-order valence-corrected chi connectivity index (χ2v) is 5.90. The van der Waals surface area contributed by atoms with Gasteiger partial charge in [-0.3, -0.25) is 0 Å². The summed E-state index contributed by atoms with van der Waals surface area (Å²) in [5.74, 6) is 0.829. The van der Waals surface area contributed by atoms with Crippen LogP contribution >= 0.6 is 22.9 Å². The number of nitrogens with one attached hydrogen (secondary N) is 1. The van der Waals surface area contributed by atoms with E-state index >= 15 is 0 Å². The lowest BCUT2D eigenvalue weighted by molar-refractivity contribution is 0.201. The van der Waals surface area contributed by atoms with Crippen molar-refractivity contribution in [2.45, 2.75) is 26.8 Å². The van der Waals surface area contributed by atoms with Crippen molar-refractivity contribution in [1.82, 2.24) is 14.3 Å². The number of ether oxygens (including phenoxy) is 1. The summed E-state index contributed by atoms with van der Waals surface area (Å²) < 4.78 is 9.26. The zero-order valence-corrected chi connectivity index (χ0v) is 12.3. The standard InChI is InChI=1S/C11H16N4OS2/c1-7-8(2)17-10(13-7)6-12-11-14-9(15-18-11)4-5-16-3/h4-6H2,1-3H3,(H,12,14,15). The van der Waals surface area contributed by atoms with Crippen molar-refractivity contribution in [2.24, 2.45) is 0 Å². The maximum atomic E-state index is 5.00. The molecule has 2 aromatic rings. The van der Waals surface area contributed by atoms with Crippen LogP contribution in [-0.2, 0) is 17.7 Å². The van der Waals surface area contributed by atoms with E-state index in [1.165, 1.54) is 16.4 Å². The summed E-state index contributed by atoms with van der Waals surface area (Å²) in [6.45, 7) is 5.48. The van der Waals surface area contributed by atoms with Crippen molar-refractivity contribution < 1.29 is 4.74 Å². The summed E-state index contributed by atoms with van der Waals surface area (Å²) >= 11 is 3.10. The van der Waals surface area contributed by atoms with E-state index in [9.17, 15) is 0 Å². The smallest absolute Gasteiger partial charge is 0.202 e. The van der Waals surface area contributed by atoms with Crippen molar-refractivity contribution >= 4 is 28.0 Å². The Balaban J connectivity index is 1.88. The molecular weight excluding hydrogens is 268 g/mol. The van der Waals surface area contributed by atoms with Crippen LogP contribution in [0.1, 0.15) is 21.4 Å². The molecule has 0 amide bonds. The average molecular weight is 284 g/mol. The summed E-state index contributed by atoms with van der Waals surface area (Å²) in [5, 5.41) is 5.17. The van der Waals surface area contributed by atoms with Crippen LogP contribution in [0.25, 0.3) is 0 Å². The van der Waals surface area contributed by atoms with Gasteiger partial charge in [-0.25, -0.2) is 9.97 Å². The first-order chi connectivity index (χ1) is 8.69. The van der Waals surface area contributed by atoms with Crippen molar-refractivity contribution in [3.8, 4) is 0 Å². The number of nitrogens with zero attached hydrogens (tertiary/aromatic N) is 3. The van der Waals surface area contributed by atoms with Gasteiger partial charge >= 0.3 is 0 Å². The first-order valence-corrected chi connectivity index (χ1v) is 7.26. The van der Waals surface area contributed by atoms with E-state index in [0.29, 0.717) is 13.2 Å². The summed E-state index contributed by atoms with van der Waals surface area (Å²) in [5.41, 5.74) is 1.11. The summed E-state index contributed by atoms with van der Waals surface area (Å²) in [6, 6.07) is 0. The fraction of sp³-hybridized carbons (Fsp3) is 0.545. The third-order valence-electron chi connectivity index (χ3n) is 2.46. The molecule has 1 N–H and O–H groups in total. The normalized spacial score (nSPS) is 10.8. The maximum Gasteiger partial charge on any atom is 0.202 e. The number of thiazole rings is 1. The molecule has 0 atom stereocenters. The molecule has 0 spiro atoms. The van der Waals surface area contributed by atoms with E-state index in [1.807, 2.05) is 6.92 Å². The first kappa shape index (κ1) is 13.4. The third kappa shape index (κ3) is 3.47. The second kappa shape index (κ2) is 6.21. The number of rotatable bonds is 6. The minimum atomic E-state index is 0.654. The molecule has 2 heterocycles. The Hall–Kier alpha value is -1.05. The molecule has 0 radical (unpaired) electrons. The highest BCUT2D eigenvalue weighted by atomic mass is 32.1. The summed E-state index contributed by atoms with van der Waals surface area (Å²) in [7, 11) is 1.68. The molecular formula is C11H16N4OS2. The molecule has 2 rings (SSSR count). The topological polar surface area (TPSA) is 59.9 Å². The van der Waals surface area contributed by atoms with Crippen molar-refractivity contribution in [3.05, 3.63) is 21.4 Å². The zero-order valence-electron chi connectivity index (χ0n) is 10.7. The molecule has 0 aromatic carbocycles. The Morgan fingerprint density at radius 1 is 1.28 bits per heavy atom. The number of aryl methyl sites for hydroxylation is 2. The van der Waals surface area contributed by atoms with Gasteiger partial charge in [-0.2, -0.15) is 4.37 Å². The van der Waals surface area contributed by atoms with Crippen LogP contribution in [0.3, 0.4) is 0 Å². The number of anilines is 1. The molecule has 5 nitrogen and oxygen atoms in total. The van der Waals surface area contributed by atoms with Crippen LogP contribution in [0.2, 0.25) is 0 Å². The SMILES string of the molecule is COCCc1nsc(NCc2nc(C)c(C)s2)n1. The average Bonchev–Trinajstić information content (AvgIpc) is 2.92. The molecule has 0 fully saturated rings. The van der Waals surface area contributed by atoms with Crippen LogP contribution in [0.5, 0.6) is 0 Å².